The zero-order chi connectivity index (χ0) is 13.7. The smallest absolute Gasteiger partial charge is 0.268 e. The van der Waals surface area contributed by atoms with E-state index in [0.29, 0.717) is 29.1 Å². The molecule has 2 rings (SSSR count). The highest BCUT2D eigenvalue weighted by Crippen LogP contribution is 2.29. The number of hydrogen-bond acceptors (Lipinski definition) is 3. The number of rotatable bonds is 5. The number of amides is 1. The van der Waals surface area contributed by atoms with Crippen LogP contribution in [-0.2, 0) is 0 Å². The monoisotopic (exact) mass is 301 g/mol. The van der Waals surface area contributed by atoms with Crippen LogP contribution in [-0.4, -0.2) is 36.4 Å². The van der Waals surface area contributed by atoms with Crippen molar-refractivity contribution < 1.29 is 9.53 Å². The molecule has 1 amide bonds. The van der Waals surface area contributed by atoms with Gasteiger partial charge in [-0.05, 0) is 24.3 Å². The van der Waals surface area contributed by atoms with E-state index in [9.17, 15) is 4.79 Å². The predicted molar refractivity (Wildman–Crippen MR) is 79.5 cm³/mol. The molecule has 0 N–H and O–H groups in total. The fraction of sp³-hybridized carbons (Fsp3) is 0.643. The van der Waals surface area contributed by atoms with Gasteiger partial charge in [0.05, 0.1) is 7.11 Å². The highest BCUT2D eigenvalue weighted by Gasteiger charge is 2.28. The van der Waals surface area contributed by atoms with Crippen molar-refractivity contribution in [2.75, 3.05) is 19.5 Å². The third-order valence-electron chi connectivity index (χ3n) is 3.65. The summed E-state index contributed by atoms with van der Waals surface area (Å²) in [6, 6.07) is 2.18. The van der Waals surface area contributed by atoms with E-state index in [-0.39, 0.29) is 5.91 Å². The molecule has 0 aromatic carbocycles. The summed E-state index contributed by atoms with van der Waals surface area (Å²) < 4.78 is 5.25. The third-order valence-corrected chi connectivity index (χ3v) is 4.70. The average Bonchev–Trinajstić information content (AvgIpc) is 2.93. The molecule has 1 aliphatic rings. The first kappa shape index (κ1) is 14.7. The van der Waals surface area contributed by atoms with Crippen LogP contribution in [0, 0.1) is 0 Å². The summed E-state index contributed by atoms with van der Waals surface area (Å²) in [5.41, 5.74) is 0. The lowest BCUT2D eigenvalue weighted by Crippen LogP contribution is -2.42. The van der Waals surface area contributed by atoms with Crippen molar-refractivity contribution in [2.24, 2.45) is 0 Å². The largest absolute Gasteiger partial charge is 0.495 e. The van der Waals surface area contributed by atoms with Crippen molar-refractivity contribution in [1.29, 1.82) is 0 Å². The van der Waals surface area contributed by atoms with Crippen molar-refractivity contribution in [3.8, 4) is 5.75 Å². The van der Waals surface area contributed by atoms with E-state index >= 15 is 0 Å². The fourth-order valence-corrected chi connectivity index (χ4v) is 3.67. The van der Waals surface area contributed by atoms with E-state index in [2.05, 4.69) is 0 Å². The van der Waals surface area contributed by atoms with Gasteiger partial charge < -0.3 is 9.64 Å². The van der Waals surface area contributed by atoms with Gasteiger partial charge in [-0.25, -0.2) is 0 Å². The minimum atomic E-state index is 0.0689. The van der Waals surface area contributed by atoms with Crippen LogP contribution >= 0.6 is 22.9 Å². The molecule has 1 fully saturated rings. The Hall–Kier alpha value is -0.740. The van der Waals surface area contributed by atoms with Crippen molar-refractivity contribution in [2.45, 2.75) is 38.1 Å². The molecule has 1 aliphatic carbocycles. The molecule has 0 radical (unpaired) electrons. The van der Waals surface area contributed by atoms with E-state index in [0.717, 1.165) is 12.8 Å². The van der Waals surface area contributed by atoms with Gasteiger partial charge in [0.1, 0.15) is 10.6 Å². The summed E-state index contributed by atoms with van der Waals surface area (Å²) in [5, 5.41) is 1.89. The lowest BCUT2D eigenvalue weighted by atomic mass is 9.94. The molecule has 0 bridgehead atoms. The first-order chi connectivity index (χ1) is 9.27. The summed E-state index contributed by atoms with van der Waals surface area (Å²) in [6.45, 7) is 0.617. The van der Waals surface area contributed by atoms with Crippen molar-refractivity contribution in [3.63, 3.8) is 0 Å². The topological polar surface area (TPSA) is 29.5 Å². The molecule has 0 aliphatic heterocycles. The van der Waals surface area contributed by atoms with E-state index in [1.165, 1.54) is 30.6 Å². The lowest BCUT2D eigenvalue weighted by Gasteiger charge is -2.33. The molecule has 0 saturated heterocycles. The zero-order valence-corrected chi connectivity index (χ0v) is 12.8. The molecule has 1 heterocycles. The first-order valence-electron chi connectivity index (χ1n) is 6.76. The number of hydrogen-bond donors (Lipinski definition) is 0. The molecule has 0 spiro atoms. The molecule has 5 heteroatoms. The van der Waals surface area contributed by atoms with Gasteiger partial charge in [0.2, 0.25) is 0 Å². The zero-order valence-electron chi connectivity index (χ0n) is 11.2. The van der Waals surface area contributed by atoms with Crippen LogP contribution in [0.15, 0.2) is 11.4 Å². The van der Waals surface area contributed by atoms with E-state index < -0.39 is 0 Å². The fourth-order valence-electron chi connectivity index (χ4n) is 2.68. The molecular weight excluding hydrogens is 282 g/mol. The highest BCUT2D eigenvalue weighted by atomic mass is 35.5. The van der Waals surface area contributed by atoms with Crippen molar-refractivity contribution in [1.82, 2.24) is 4.90 Å². The highest BCUT2D eigenvalue weighted by molar-refractivity contribution is 7.12. The number of halogens is 1. The number of carbonyl (C=O) groups is 1. The van der Waals surface area contributed by atoms with Gasteiger partial charge in [0, 0.05) is 18.5 Å². The van der Waals surface area contributed by atoms with Gasteiger partial charge >= 0.3 is 0 Å². The Morgan fingerprint density at radius 2 is 2.21 bits per heavy atom. The van der Waals surface area contributed by atoms with Crippen LogP contribution < -0.4 is 4.74 Å². The minimum Gasteiger partial charge on any atom is -0.495 e. The van der Waals surface area contributed by atoms with Crippen LogP contribution in [0.25, 0.3) is 0 Å². The molecular formula is C14H20ClNO2S. The second-order valence-electron chi connectivity index (χ2n) is 4.80. The van der Waals surface area contributed by atoms with Gasteiger partial charge in [-0.1, -0.05) is 19.3 Å². The maximum absolute atomic E-state index is 12.7. The second kappa shape index (κ2) is 7.15. The minimum absolute atomic E-state index is 0.0689. The Labute approximate surface area is 123 Å². The van der Waals surface area contributed by atoms with Gasteiger partial charge in [0.25, 0.3) is 5.91 Å². The first-order valence-corrected chi connectivity index (χ1v) is 8.17. The second-order valence-corrected chi connectivity index (χ2v) is 6.09. The summed E-state index contributed by atoms with van der Waals surface area (Å²) in [7, 11) is 1.60. The Balaban J connectivity index is 2.15. The van der Waals surface area contributed by atoms with Crippen LogP contribution in [0.5, 0.6) is 5.75 Å². The molecule has 3 nitrogen and oxygen atoms in total. The average molecular weight is 302 g/mol. The van der Waals surface area contributed by atoms with E-state index in [1.807, 2.05) is 16.3 Å². The number of thiophene rings is 1. The van der Waals surface area contributed by atoms with Crippen LogP contribution in [0.4, 0.5) is 0 Å². The van der Waals surface area contributed by atoms with Crippen molar-refractivity contribution >= 4 is 28.8 Å². The molecule has 0 atom stereocenters. The summed E-state index contributed by atoms with van der Waals surface area (Å²) in [5.74, 6) is 1.22. The standard InChI is InChI=1S/C14H20ClNO2S/c1-18-12-7-10-19-13(12)14(17)16(9-8-15)11-5-3-2-4-6-11/h7,10-11H,2-6,8-9H2,1H3. The number of carbonyl (C=O) groups excluding carboxylic acids is 1. The molecule has 106 valence electrons. The van der Waals surface area contributed by atoms with Crippen LogP contribution in [0.1, 0.15) is 41.8 Å². The van der Waals surface area contributed by atoms with Crippen LogP contribution in [0.2, 0.25) is 0 Å². The molecule has 1 aromatic rings. The Kier molecular flexibility index (Phi) is 5.52. The SMILES string of the molecule is COc1ccsc1C(=O)N(CCCl)C1CCCCC1. The van der Waals surface area contributed by atoms with Gasteiger partial charge in [0.15, 0.2) is 0 Å². The van der Waals surface area contributed by atoms with Gasteiger partial charge in [-0.15, -0.1) is 22.9 Å². The summed E-state index contributed by atoms with van der Waals surface area (Å²) >= 11 is 7.31. The van der Waals surface area contributed by atoms with Crippen molar-refractivity contribution in [3.05, 3.63) is 16.3 Å². The summed E-state index contributed by atoms with van der Waals surface area (Å²) in [4.78, 5) is 15.3. The lowest BCUT2D eigenvalue weighted by molar-refractivity contribution is 0.0651. The third kappa shape index (κ3) is 3.42. The normalized spacial score (nSPS) is 16.3. The maximum Gasteiger partial charge on any atom is 0.268 e. The van der Waals surface area contributed by atoms with Crippen LogP contribution in [0.3, 0.4) is 0 Å². The molecule has 1 saturated carbocycles. The Bertz CT molecular complexity index is 415. The number of nitrogens with zero attached hydrogens (tertiary/aromatic N) is 1. The number of ether oxygens (including phenoxy) is 1. The quantitative estimate of drug-likeness (QED) is 0.775. The molecule has 0 unspecified atom stereocenters. The number of alkyl halides is 1. The molecule has 19 heavy (non-hydrogen) atoms. The number of methoxy groups -OCH3 is 1. The van der Waals surface area contributed by atoms with Gasteiger partial charge in [-0.2, -0.15) is 0 Å². The van der Waals surface area contributed by atoms with E-state index in [1.54, 1.807) is 7.11 Å². The van der Waals surface area contributed by atoms with Gasteiger partial charge in [-0.3, -0.25) is 4.79 Å². The Morgan fingerprint density at radius 3 is 2.84 bits per heavy atom. The predicted octanol–water partition coefficient (Wildman–Crippen LogP) is 3.77. The Morgan fingerprint density at radius 1 is 1.47 bits per heavy atom. The maximum atomic E-state index is 12.7. The summed E-state index contributed by atoms with van der Waals surface area (Å²) in [6.07, 6.45) is 5.88. The van der Waals surface area contributed by atoms with E-state index in [4.69, 9.17) is 16.3 Å². The molecule has 1 aromatic heterocycles.